The van der Waals surface area contributed by atoms with Gasteiger partial charge in [-0.2, -0.15) is 0 Å². The minimum Gasteiger partial charge on any atom is -2.00 e. The molecule has 6 nitrogen and oxygen atoms in total. The SMILES string of the molecule is CO[Si](CCCN)(OC)OC.[O-2].[O-2].[Ti+4]. The first kappa shape index (κ1) is 24.1. The predicted molar refractivity (Wildman–Crippen MR) is 46.6 cm³/mol. The third kappa shape index (κ3) is 8.04. The van der Waals surface area contributed by atoms with E-state index in [1.165, 1.54) is 0 Å². The van der Waals surface area contributed by atoms with E-state index in [0.29, 0.717) is 6.54 Å². The van der Waals surface area contributed by atoms with E-state index in [2.05, 4.69) is 0 Å². The maximum absolute atomic E-state index is 5.36. The van der Waals surface area contributed by atoms with Gasteiger partial charge in [0.05, 0.1) is 0 Å². The summed E-state index contributed by atoms with van der Waals surface area (Å²) < 4.78 is 15.5. The van der Waals surface area contributed by atoms with E-state index in [9.17, 15) is 0 Å². The molecule has 2 N–H and O–H groups in total. The summed E-state index contributed by atoms with van der Waals surface area (Å²) in [6, 6.07) is 0.785. The van der Waals surface area contributed by atoms with Crippen LogP contribution >= 0.6 is 0 Å². The minimum atomic E-state index is -2.32. The van der Waals surface area contributed by atoms with Crippen LogP contribution in [0.4, 0.5) is 0 Å². The van der Waals surface area contributed by atoms with Gasteiger partial charge in [-0.1, -0.05) is 0 Å². The van der Waals surface area contributed by atoms with Gasteiger partial charge in [-0.15, -0.1) is 0 Å². The molecule has 0 bridgehead atoms. The number of hydrogen-bond donors (Lipinski definition) is 1. The second-order valence-electron chi connectivity index (χ2n) is 2.19. The third-order valence-electron chi connectivity index (χ3n) is 1.62. The maximum atomic E-state index is 5.36. The molecular weight excluding hydrogens is 242 g/mol. The second kappa shape index (κ2) is 13.7. The van der Waals surface area contributed by atoms with Crippen molar-refractivity contribution in [2.24, 2.45) is 5.73 Å². The Balaban J connectivity index is -0.000000167. The van der Waals surface area contributed by atoms with Crippen LogP contribution < -0.4 is 5.73 Å². The van der Waals surface area contributed by atoms with Crippen LogP contribution in [0.15, 0.2) is 0 Å². The molecule has 0 amide bonds. The van der Waals surface area contributed by atoms with E-state index in [1.807, 2.05) is 0 Å². The van der Waals surface area contributed by atoms with Crippen LogP contribution in [0.2, 0.25) is 6.04 Å². The largest absolute Gasteiger partial charge is 4.00 e. The summed E-state index contributed by atoms with van der Waals surface area (Å²) in [5.41, 5.74) is 5.36. The molecule has 0 aliphatic carbocycles. The fourth-order valence-electron chi connectivity index (χ4n) is 0.875. The van der Waals surface area contributed by atoms with Crippen molar-refractivity contribution in [3.63, 3.8) is 0 Å². The molecular formula is C6H17NO5SiTi. The van der Waals surface area contributed by atoms with Crippen molar-refractivity contribution in [1.82, 2.24) is 0 Å². The van der Waals surface area contributed by atoms with Crippen molar-refractivity contribution in [2.75, 3.05) is 27.9 Å². The Labute approximate surface area is 101 Å². The quantitative estimate of drug-likeness (QED) is 0.675. The zero-order chi connectivity index (χ0) is 8.74. The van der Waals surface area contributed by atoms with E-state index in [0.717, 1.165) is 12.5 Å². The van der Waals surface area contributed by atoms with Crippen LogP contribution in [0.3, 0.4) is 0 Å². The van der Waals surface area contributed by atoms with E-state index >= 15 is 0 Å². The fraction of sp³-hybridized carbons (Fsp3) is 1.00. The van der Waals surface area contributed by atoms with E-state index in [4.69, 9.17) is 19.0 Å². The third-order valence-corrected chi connectivity index (χ3v) is 4.45. The normalized spacial score (nSPS) is 9.43. The average molecular weight is 259 g/mol. The van der Waals surface area contributed by atoms with Crippen molar-refractivity contribution in [3.05, 3.63) is 0 Å². The minimum absolute atomic E-state index is 0. The van der Waals surface area contributed by atoms with Crippen molar-refractivity contribution < 1.29 is 45.9 Å². The molecule has 0 radical (unpaired) electrons. The molecule has 84 valence electrons. The van der Waals surface area contributed by atoms with Gasteiger partial charge in [0.15, 0.2) is 0 Å². The van der Waals surface area contributed by atoms with Crippen LogP contribution in [0.25, 0.3) is 0 Å². The predicted octanol–water partition coefficient (Wildman–Crippen LogP) is -0.0268. The van der Waals surface area contributed by atoms with E-state index in [-0.39, 0.29) is 32.7 Å². The molecule has 0 saturated carbocycles. The number of hydrogen-bond acceptors (Lipinski definition) is 4. The number of nitrogens with two attached hydrogens (primary N) is 1. The summed E-state index contributed by atoms with van der Waals surface area (Å²) in [5.74, 6) is 0. The zero-order valence-electron chi connectivity index (χ0n) is 8.74. The van der Waals surface area contributed by atoms with Crippen LogP contribution in [0.1, 0.15) is 6.42 Å². The maximum Gasteiger partial charge on any atom is 4.00 e. The topological polar surface area (TPSA) is 111 Å². The first-order valence-electron chi connectivity index (χ1n) is 3.60. The van der Waals surface area contributed by atoms with Crippen LogP contribution in [0.5, 0.6) is 0 Å². The Bertz CT molecular complexity index is 98.0. The fourth-order valence-corrected chi connectivity index (χ4v) is 2.62. The molecule has 0 aromatic carbocycles. The van der Waals surface area contributed by atoms with Crippen molar-refractivity contribution in [1.29, 1.82) is 0 Å². The summed E-state index contributed by atoms with van der Waals surface area (Å²) in [6.07, 6.45) is 0.877. The zero-order valence-corrected chi connectivity index (χ0v) is 11.3. The molecule has 8 heteroatoms. The van der Waals surface area contributed by atoms with Gasteiger partial charge in [0.25, 0.3) is 0 Å². The molecule has 14 heavy (non-hydrogen) atoms. The van der Waals surface area contributed by atoms with Crippen LogP contribution in [-0.2, 0) is 45.9 Å². The van der Waals surface area contributed by atoms with Crippen molar-refractivity contribution >= 4 is 8.80 Å². The smallest absolute Gasteiger partial charge is 2.00 e. The molecule has 0 atom stereocenters. The average Bonchev–Trinajstić information content (AvgIpc) is 2.08. The van der Waals surface area contributed by atoms with E-state index in [1.54, 1.807) is 21.3 Å². The second-order valence-corrected chi connectivity index (χ2v) is 5.28. The van der Waals surface area contributed by atoms with Gasteiger partial charge in [-0.05, 0) is 13.0 Å². The van der Waals surface area contributed by atoms with E-state index < -0.39 is 8.80 Å². The van der Waals surface area contributed by atoms with Gasteiger partial charge in [-0.25, -0.2) is 0 Å². The molecule has 0 saturated heterocycles. The van der Waals surface area contributed by atoms with Crippen LogP contribution in [0, 0.1) is 0 Å². The summed E-state index contributed by atoms with van der Waals surface area (Å²) >= 11 is 0. The molecule has 0 unspecified atom stereocenters. The first-order chi connectivity index (χ1) is 5.24. The molecule has 0 aliphatic rings. The molecule has 0 spiro atoms. The molecule has 0 aromatic rings. The standard InChI is InChI=1S/C6H17NO3Si.2O.Ti/c1-8-11(9-2,10-3)6-4-5-7;;;/h4-7H2,1-3H3;;;/q;2*-2;+4. The summed E-state index contributed by atoms with van der Waals surface area (Å²) in [5, 5.41) is 0. The summed E-state index contributed by atoms with van der Waals surface area (Å²) in [6.45, 7) is 0.644. The Morgan fingerprint density at radius 2 is 1.36 bits per heavy atom. The molecule has 0 aliphatic heterocycles. The molecule has 0 aromatic heterocycles. The Morgan fingerprint density at radius 1 is 1.00 bits per heavy atom. The van der Waals surface area contributed by atoms with Gasteiger partial charge in [0.2, 0.25) is 0 Å². The van der Waals surface area contributed by atoms with Crippen LogP contribution in [-0.4, -0.2) is 36.7 Å². The van der Waals surface area contributed by atoms with Crippen molar-refractivity contribution in [3.8, 4) is 0 Å². The monoisotopic (exact) mass is 259 g/mol. The van der Waals surface area contributed by atoms with Gasteiger partial charge < -0.3 is 30.0 Å². The molecule has 0 rings (SSSR count). The van der Waals surface area contributed by atoms with Gasteiger partial charge in [-0.3, -0.25) is 0 Å². The molecule has 0 fully saturated rings. The van der Waals surface area contributed by atoms with Crippen molar-refractivity contribution in [2.45, 2.75) is 12.5 Å². The Kier molecular flexibility index (Phi) is 23.6. The summed E-state index contributed by atoms with van der Waals surface area (Å²) in [4.78, 5) is 0. The van der Waals surface area contributed by atoms with Gasteiger partial charge >= 0.3 is 30.5 Å². The molecule has 0 heterocycles. The summed E-state index contributed by atoms with van der Waals surface area (Å²) in [7, 11) is 2.50. The Hall–Kier alpha value is 0.691. The number of rotatable bonds is 6. The van der Waals surface area contributed by atoms with Gasteiger partial charge in [0, 0.05) is 27.4 Å². The first-order valence-corrected chi connectivity index (χ1v) is 5.53. The van der Waals surface area contributed by atoms with Gasteiger partial charge in [0.1, 0.15) is 0 Å². The Morgan fingerprint density at radius 3 is 1.57 bits per heavy atom.